The van der Waals surface area contributed by atoms with Crippen LogP contribution in [-0.2, 0) is 0 Å². The van der Waals surface area contributed by atoms with Crippen LogP contribution in [0.15, 0.2) is 35.7 Å². The SMILES string of the molecule is CSc1cn2c(-c3cc[nH]n3)cnc2c(Nc2cc(C)ns2)n1. The Kier molecular flexibility index (Phi) is 3.50. The molecular weight excluding hydrogens is 330 g/mol. The Morgan fingerprint density at radius 3 is 3.00 bits per heavy atom. The molecule has 4 aromatic heterocycles. The third kappa shape index (κ3) is 2.57. The van der Waals surface area contributed by atoms with Gasteiger partial charge in [0.05, 0.1) is 17.6 Å². The van der Waals surface area contributed by atoms with Crippen LogP contribution < -0.4 is 5.32 Å². The molecule has 0 amide bonds. The molecule has 116 valence electrons. The second kappa shape index (κ2) is 5.67. The van der Waals surface area contributed by atoms with Gasteiger partial charge in [0, 0.05) is 12.4 Å². The fourth-order valence-electron chi connectivity index (χ4n) is 2.28. The van der Waals surface area contributed by atoms with Crippen LogP contribution >= 0.6 is 23.3 Å². The normalized spacial score (nSPS) is 11.2. The first kappa shape index (κ1) is 14.2. The van der Waals surface area contributed by atoms with E-state index in [1.807, 2.05) is 35.9 Å². The number of aromatic nitrogens is 6. The topological polar surface area (TPSA) is 83.8 Å². The predicted molar refractivity (Wildman–Crippen MR) is 92.5 cm³/mol. The lowest BCUT2D eigenvalue weighted by atomic mass is 10.3. The Labute approximate surface area is 140 Å². The Morgan fingerprint density at radius 1 is 1.39 bits per heavy atom. The highest BCUT2D eigenvalue weighted by Crippen LogP contribution is 2.28. The van der Waals surface area contributed by atoms with E-state index in [4.69, 9.17) is 0 Å². The summed E-state index contributed by atoms with van der Waals surface area (Å²) < 4.78 is 6.29. The number of H-pyrrole nitrogens is 1. The van der Waals surface area contributed by atoms with Crippen LogP contribution in [0.25, 0.3) is 17.0 Å². The van der Waals surface area contributed by atoms with Crippen molar-refractivity contribution in [2.75, 3.05) is 11.6 Å². The highest BCUT2D eigenvalue weighted by atomic mass is 32.2. The summed E-state index contributed by atoms with van der Waals surface area (Å²) in [6, 6.07) is 3.91. The van der Waals surface area contributed by atoms with E-state index in [-0.39, 0.29) is 0 Å². The standard InChI is InChI=1S/C14H13N7S2/c1-8-5-11(23-20-8)17-13-14-15-6-10(9-3-4-16-19-9)21(14)7-12(18-13)22-2/h3-7H,1-2H3,(H,16,19)(H,17,18). The third-order valence-electron chi connectivity index (χ3n) is 3.31. The number of aryl methyl sites for hydroxylation is 1. The van der Waals surface area contributed by atoms with Crippen molar-refractivity contribution in [3.63, 3.8) is 0 Å². The van der Waals surface area contributed by atoms with Gasteiger partial charge in [-0.3, -0.25) is 9.50 Å². The van der Waals surface area contributed by atoms with Crippen LogP contribution in [0.1, 0.15) is 5.69 Å². The summed E-state index contributed by atoms with van der Waals surface area (Å²) >= 11 is 2.99. The monoisotopic (exact) mass is 343 g/mol. The van der Waals surface area contributed by atoms with Gasteiger partial charge in [0.25, 0.3) is 0 Å². The van der Waals surface area contributed by atoms with E-state index < -0.39 is 0 Å². The maximum Gasteiger partial charge on any atom is 0.181 e. The lowest BCUT2D eigenvalue weighted by Crippen LogP contribution is -1.99. The van der Waals surface area contributed by atoms with Gasteiger partial charge in [0.1, 0.15) is 15.7 Å². The minimum absolute atomic E-state index is 0.710. The summed E-state index contributed by atoms with van der Waals surface area (Å²) in [7, 11) is 0. The number of nitrogens with zero attached hydrogens (tertiary/aromatic N) is 5. The zero-order chi connectivity index (χ0) is 15.8. The Balaban J connectivity index is 1.86. The van der Waals surface area contributed by atoms with Gasteiger partial charge in [0.15, 0.2) is 11.5 Å². The number of hydrogen-bond acceptors (Lipinski definition) is 7. The minimum Gasteiger partial charge on any atom is -0.328 e. The summed E-state index contributed by atoms with van der Waals surface area (Å²) in [6.07, 6.45) is 7.57. The van der Waals surface area contributed by atoms with E-state index in [0.717, 1.165) is 32.8 Å². The molecule has 0 saturated heterocycles. The molecule has 0 atom stereocenters. The van der Waals surface area contributed by atoms with Gasteiger partial charge < -0.3 is 5.32 Å². The van der Waals surface area contributed by atoms with Gasteiger partial charge in [0.2, 0.25) is 0 Å². The average Bonchev–Trinajstić information content (AvgIpc) is 3.27. The number of fused-ring (bicyclic) bond motifs is 1. The molecular formula is C14H13N7S2. The van der Waals surface area contributed by atoms with E-state index >= 15 is 0 Å². The van der Waals surface area contributed by atoms with E-state index in [1.165, 1.54) is 11.5 Å². The van der Waals surface area contributed by atoms with E-state index in [1.54, 1.807) is 24.2 Å². The smallest absolute Gasteiger partial charge is 0.181 e. The van der Waals surface area contributed by atoms with Crippen LogP contribution in [0.5, 0.6) is 0 Å². The highest BCUT2D eigenvalue weighted by Gasteiger charge is 2.14. The molecule has 0 unspecified atom stereocenters. The molecule has 0 aliphatic heterocycles. The van der Waals surface area contributed by atoms with Gasteiger partial charge in [-0.25, -0.2) is 9.97 Å². The molecule has 0 radical (unpaired) electrons. The van der Waals surface area contributed by atoms with Gasteiger partial charge in [-0.1, -0.05) is 0 Å². The van der Waals surface area contributed by atoms with Crippen LogP contribution in [0.2, 0.25) is 0 Å². The van der Waals surface area contributed by atoms with E-state index in [9.17, 15) is 0 Å². The average molecular weight is 343 g/mol. The molecule has 0 aliphatic carbocycles. The summed E-state index contributed by atoms with van der Waals surface area (Å²) in [6.45, 7) is 1.97. The van der Waals surface area contributed by atoms with Crippen LogP contribution in [-0.4, -0.2) is 35.2 Å². The molecule has 23 heavy (non-hydrogen) atoms. The summed E-state index contributed by atoms with van der Waals surface area (Å²) in [5, 5.41) is 12.2. The predicted octanol–water partition coefficient (Wildman–Crippen LogP) is 3.35. The van der Waals surface area contributed by atoms with Crippen molar-refractivity contribution in [2.45, 2.75) is 11.9 Å². The minimum atomic E-state index is 0.710. The van der Waals surface area contributed by atoms with Crippen molar-refractivity contribution >= 4 is 39.8 Å². The van der Waals surface area contributed by atoms with Crippen molar-refractivity contribution in [1.29, 1.82) is 0 Å². The number of rotatable bonds is 4. The lowest BCUT2D eigenvalue weighted by molar-refractivity contribution is 1.02. The van der Waals surface area contributed by atoms with Crippen molar-refractivity contribution < 1.29 is 0 Å². The Bertz CT molecular complexity index is 955. The quantitative estimate of drug-likeness (QED) is 0.553. The number of nitrogens with one attached hydrogen (secondary N) is 2. The number of hydrogen-bond donors (Lipinski definition) is 2. The first-order valence-electron chi connectivity index (χ1n) is 6.87. The van der Waals surface area contributed by atoms with Gasteiger partial charge in [-0.05, 0) is 36.8 Å². The fraction of sp³-hybridized carbons (Fsp3) is 0.143. The third-order valence-corrected chi connectivity index (χ3v) is 4.72. The van der Waals surface area contributed by atoms with Gasteiger partial charge in [-0.15, -0.1) is 11.8 Å². The van der Waals surface area contributed by atoms with E-state index in [0.29, 0.717) is 5.82 Å². The van der Waals surface area contributed by atoms with Crippen LogP contribution in [0.3, 0.4) is 0 Å². The summed E-state index contributed by atoms with van der Waals surface area (Å²) in [5.74, 6) is 0.710. The first-order chi connectivity index (χ1) is 11.2. The molecule has 2 N–H and O–H groups in total. The molecule has 9 heteroatoms. The molecule has 4 heterocycles. The Morgan fingerprint density at radius 2 is 2.30 bits per heavy atom. The number of aromatic amines is 1. The molecule has 0 fully saturated rings. The van der Waals surface area contributed by atoms with E-state index in [2.05, 4.69) is 29.9 Å². The fourth-order valence-corrected chi connectivity index (χ4v) is 3.33. The van der Waals surface area contributed by atoms with Crippen molar-refractivity contribution in [1.82, 2.24) is 28.9 Å². The molecule has 4 rings (SSSR count). The number of imidazole rings is 1. The highest BCUT2D eigenvalue weighted by molar-refractivity contribution is 7.98. The summed E-state index contributed by atoms with van der Waals surface area (Å²) in [4.78, 5) is 9.15. The number of anilines is 2. The molecule has 0 aromatic carbocycles. The molecule has 0 saturated carbocycles. The van der Waals surface area contributed by atoms with Crippen molar-refractivity contribution in [3.8, 4) is 11.4 Å². The molecule has 0 bridgehead atoms. The lowest BCUT2D eigenvalue weighted by Gasteiger charge is -2.07. The maximum absolute atomic E-state index is 4.64. The zero-order valence-electron chi connectivity index (χ0n) is 12.4. The van der Waals surface area contributed by atoms with Crippen LogP contribution in [0.4, 0.5) is 10.8 Å². The second-order valence-electron chi connectivity index (χ2n) is 4.89. The molecule has 0 aliphatic rings. The van der Waals surface area contributed by atoms with Crippen LogP contribution in [0, 0.1) is 6.92 Å². The zero-order valence-corrected chi connectivity index (χ0v) is 14.1. The number of thioether (sulfide) groups is 1. The molecule has 7 nitrogen and oxygen atoms in total. The maximum atomic E-state index is 4.64. The van der Waals surface area contributed by atoms with Gasteiger partial charge in [-0.2, -0.15) is 9.47 Å². The van der Waals surface area contributed by atoms with Crippen molar-refractivity contribution in [2.24, 2.45) is 0 Å². The second-order valence-corrected chi connectivity index (χ2v) is 6.52. The van der Waals surface area contributed by atoms with Crippen molar-refractivity contribution in [3.05, 3.63) is 36.4 Å². The molecule has 0 spiro atoms. The molecule has 4 aromatic rings. The van der Waals surface area contributed by atoms with Gasteiger partial charge >= 0.3 is 0 Å². The first-order valence-corrected chi connectivity index (χ1v) is 8.87. The summed E-state index contributed by atoms with van der Waals surface area (Å²) in [5.41, 5.74) is 3.50. The largest absolute Gasteiger partial charge is 0.328 e. The Hall–Kier alpha value is -2.39.